The second-order valence-corrected chi connectivity index (χ2v) is 6.96. The topological polar surface area (TPSA) is 62.5 Å². The number of rotatable bonds is 4. The van der Waals surface area contributed by atoms with E-state index in [0.717, 1.165) is 38.3 Å². The number of fused-ring (bicyclic) bond motifs is 1. The number of carbonyl (C=O) groups is 1. The van der Waals surface area contributed by atoms with Gasteiger partial charge in [-0.1, -0.05) is 12.1 Å². The van der Waals surface area contributed by atoms with Gasteiger partial charge in [0, 0.05) is 44.3 Å². The number of aromatic nitrogens is 3. The molecule has 1 aliphatic rings. The minimum atomic E-state index is -0.302. The van der Waals surface area contributed by atoms with Crippen molar-refractivity contribution in [2.45, 2.75) is 19.8 Å². The lowest BCUT2D eigenvalue weighted by Crippen LogP contribution is -2.40. The summed E-state index contributed by atoms with van der Waals surface area (Å²) in [4.78, 5) is 18.1. The first-order valence-corrected chi connectivity index (χ1v) is 9.21. The van der Waals surface area contributed by atoms with Crippen LogP contribution in [0.3, 0.4) is 0 Å². The van der Waals surface area contributed by atoms with Gasteiger partial charge in [0.15, 0.2) is 5.65 Å². The van der Waals surface area contributed by atoms with Crippen LogP contribution in [0.2, 0.25) is 0 Å². The third-order valence-corrected chi connectivity index (χ3v) is 5.05. The summed E-state index contributed by atoms with van der Waals surface area (Å²) in [5.74, 6) is 0.964. The van der Waals surface area contributed by atoms with Crippen molar-refractivity contribution in [3.8, 4) is 11.3 Å². The molecule has 0 radical (unpaired) electrons. The SMILES string of the molecule is CC(=O)N1CCC[C@H](CNc2cc(-c3ccccc3F)nc3ccnn23)C1. The molecule has 27 heavy (non-hydrogen) atoms. The Kier molecular flexibility index (Phi) is 4.75. The van der Waals surface area contributed by atoms with Crippen molar-refractivity contribution in [2.24, 2.45) is 5.92 Å². The molecule has 2 aromatic heterocycles. The van der Waals surface area contributed by atoms with E-state index in [2.05, 4.69) is 15.4 Å². The summed E-state index contributed by atoms with van der Waals surface area (Å²) in [5.41, 5.74) is 1.69. The molecule has 6 nitrogen and oxygen atoms in total. The lowest BCUT2D eigenvalue weighted by atomic mass is 9.98. The number of nitrogens with one attached hydrogen (secondary N) is 1. The number of piperidine rings is 1. The molecule has 0 bridgehead atoms. The second-order valence-electron chi connectivity index (χ2n) is 6.96. The zero-order valence-electron chi connectivity index (χ0n) is 15.2. The van der Waals surface area contributed by atoms with Crippen molar-refractivity contribution in [3.63, 3.8) is 0 Å². The van der Waals surface area contributed by atoms with Crippen molar-refractivity contribution >= 4 is 17.4 Å². The summed E-state index contributed by atoms with van der Waals surface area (Å²) in [6.45, 7) is 3.93. The molecule has 1 aliphatic heterocycles. The molecule has 1 N–H and O–H groups in total. The average Bonchev–Trinajstić information content (AvgIpc) is 3.15. The largest absolute Gasteiger partial charge is 0.370 e. The van der Waals surface area contributed by atoms with E-state index in [-0.39, 0.29) is 11.7 Å². The van der Waals surface area contributed by atoms with Gasteiger partial charge in [0.1, 0.15) is 11.6 Å². The molecule has 1 aromatic carbocycles. The monoisotopic (exact) mass is 367 g/mol. The maximum Gasteiger partial charge on any atom is 0.219 e. The summed E-state index contributed by atoms with van der Waals surface area (Å²) < 4.78 is 15.9. The van der Waals surface area contributed by atoms with Gasteiger partial charge >= 0.3 is 0 Å². The van der Waals surface area contributed by atoms with Crippen LogP contribution in [-0.4, -0.2) is 45.0 Å². The highest BCUT2D eigenvalue weighted by Gasteiger charge is 2.21. The van der Waals surface area contributed by atoms with Gasteiger partial charge in [-0.15, -0.1) is 0 Å². The first kappa shape index (κ1) is 17.5. The van der Waals surface area contributed by atoms with Gasteiger partial charge < -0.3 is 10.2 Å². The minimum absolute atomic E-state index is 0.125. The Labute approximate surface area is 157 Å². The first-order chi connectivity index (χ1) is 13.1. The van der Waals surface area contributed by atoms with Gasteiger partial charge in [-0.25, -0.2) is 9.37 Å². The average molecular weight is 367 g/mol. The molecule has 0 aliphatic carbocycles. The third kappa shape index (κ3) is 3.63. The number of anilines is 1. The van der Waals surface area contributed by atoms with Gasteiger partial charge in [-0.3, -0.25) is 4.79 Å². The molecule has 3 aromatic rings. The molecule has 1 amide bonds. The van der Waals surface area contributed by atoms with E-state index in [0.29, 0.717) is 22.8 Å². The van der Waals surface area contributed by atoms with Crippen LogP contribution in [0.4, 0.5) is 10.2 Å². The fourth-order valence-corrected chi connectivity index (χ4v) is 3.61. The Morgan fingerprint density at radius 1 is 1.33 bits per heavy atom. The fourth-order valence-electron chi connectivity index (χ4n) is 3.61. The lowest BCUT2D eigenvalue weighted by Gasteiger charge is -2.32. The number of nitrogens with zero attached hydrogens (tertiary/aromatic N) is 4. The molecule has 1 atom stereocenters. The van der Waals surface area contributed by atoms with Crippen molar-refractivity contribution < 1.29 is 9.18 Å². The summed E-state index contributed by atoms with van der Waals surface area (Å²) in [6, 6.07) is 10.2. The van der Waals surface area contributed by atoms with Crippen LogP contribution in [0.15, 0.2) is 42.6 Å². The number of hydrogen-bond acceptors (Lipinski definition) is 4. The molecule has 0 unspecified atom stereocenters. The van der Waals surface area contributed by atoms with Crippen molar-refractivity contribution in [1.82, 2.24) is 19.5 Å². The Hall–Kier alpha value is -2.96. The van der Waals surface area contributed by atoms with Crippen molar-refractivity contribution in [1.29, 1.82) is 0 Å². The van der Waals surface area contributed by atoms with E-state index in [4.69, 9.17) is 0 Å². The number of amides is 1. The third-order valence-electron chi connectivity index (χ3n) is 5.05. The minimum Gasteiger partial charge on any atom is -0.370 e. The summed E-state index contributed by atoms with van der Waals surface area (Å²) in [5, 5.41) is 7.75. The first-order valence-electron chi connectivity index (χ1n) is 9.21. The highest BCUT2D eigenvalue weighted by atomic mass is 19.1. The Morgan fingerprint density at radius 3 is 3.00 bits per heavy atom. The van der Waals surface area contributed by atoms with Crippen LogP contribution in [0.5, 0.6) is 0 Å². The summed E-state index contributed by atoms with van der Waals surface area (Å²) in [7, 11) is 0. The number of likely N-dealkylation sites (tertiary alicyclic amines) is 1. The molecule has 0 saturated carbocycles. The second kappa shape index (κ2) is 7.34. The van der Waals surface area contributed by atoms with E-state index in [1.807, 2.05) is 11.0 Å². The highest BCUT2D eigenvalue weighted by molar-refractivity contribution is 5.73. The zero-order chi connectivity index (χ0) is 18.8. The van der Waals surface area contributed by atoms with E-state index in [1.54, 1.807) is 41.9 Å². The van der Waals surface area contributed by atoms with E-state index >= 15 is 0 Å². The van der Waals surface area contributed by atoms with Crippen LogP contribution < -0.4 is 5.32 Å². The van der Waals surface area contributed by atoms with E-state index < -0.39 is 0 Å². The maximum atomic E-state index is 14.2. The van der Waals surface area contributed by atoms with Crippen LogP contribution >= 0.6 is 0 Å². The van der Waals surface area contributed by atoms with E-state index in [9.17, 15) is 9.18 Å². The van der Waals surface area contributed by atoms with Crippen LogP contribution in [-0.2, 0) is 4.79 Å². The highest BCUT2D eigenvalue weighted by Crippen LogP contribution is 2.25. The van der Waals surface area contributed by atoms with Crippen molar-refractivity contribution in [2.75, 3.05) is 25.0 Å². The van der Waals surface area contributed by atoms with Crippen LogP contribution in [0.1, 0.15) is 19.8 Å². The Bertz CT molecular complexity index is 970. The van der Waals surface area contributed by atoms with Gasteiger partial charge in [0.2, 0.25) is 5.91 Å². The van der Waals surface area contributed by atoms with Crippen LogP contribution in [0.25, 0.3) is 16.9 Å². The van der Waals surface area contributed by atoms with Gasteiger partial charge in [0.25, 0.3) is 0 Å². The summed E-state index contributed by atoms with van der Waals surface area (Å²) >= 11 is 0. The normalized spacial score (nSPS) is 17.3. The van der Waals surface area contributed by atoms with Crippen LogP contribution in [0, 0.1) is 11.7 Å². The molecular formula is C20H22FN5O. The molecule has 7 heteroatoms. The van der Waals surface area contributed by atoms with E-state index in [1.165, 1.54) is 6.07 Å². The summed E-state index contributed by atoms with van der Waals surface area (Å²) in [6.07, 6.45) is 3.76. The predicted molar refractivity (Wildman–Crippen MR) is 102 cm³/mol. The van der Waals surface area contributed by atoms with Gasteiger partial charge in [-0.2, -0.15) is 9.61 Å². The molecular weight excluding hydrogens is 345 g/mol. The quantitative estimate of drug-likeness (QED) is 0.769. The maximum absolute atomic E-state index is 14.2. The molecule has 140 valence electrons. The molecule has 0 spiro atoms. The Balaban J connectivity index is 1.59. The fraction of sp³-hybridized carbons (Fsp3) is 0.350. The smallest absolute Gasteiger partial charge is 0.219 e. The molecule has 1 saturated heterocycles. The lowest BCUT2D eigenvalue weighted by molar-refractivity contribution is -0.130. The van der Waals surface area contributed by atoms with Gasteiger partial charge in [-0.05, 0) is 30.9 Å². The zero-order valence-corrected chi connectivity index (χ0v) is 15.2. The van der Waals surface area contributed by atoms with Crippen molar-refractivity contribution in [3.05, 3.63) is 48.4 Å². The van der Waals surface area contributed by atoms with Gasteiger partial charge in [0.05, 0.1) is 11.9 Å². The molecule has 1 fully saturated rings. The molecule has 3 heterocycles. The number of benzene rings is 1. The Morgan fingerprint density at radius 2 is 2.19 bits per heavy atom. The number of halogens is 1. The standard InChI is InChI=1S/C20H22FN5O/c1-14(27)25-10-4-5-15(13-25)12-22-20-11-18(16-6-2-3-7-17(16)21)24-19-8-9-23-26(19)20/h2-3,6-9,11,15,22H,4-5,10,12-13H2,1H3/t15-/m1/s1. The number of hydrogen-bond donors (Lipinski definition) is 1. The number of carbonyl (C=O) groups excluding carboxylic acids is 1. The molecule has 4 rings (SSSR count). The predicted octanol–water partition coefficient (Wildman–Crippen LogP) is 3.21.